The van der Waals surface area contributed by atoms with E-state index >= 15 is 0 Å². The minimum absolute atomic E-state index is 0.128. The molecular weight excluding hydrogens is 802 g/mol. The molecule has 62 heavy (non-hydrogen) atoms. The second-order valence-electron chi connectivity index (χ2n) is 16.7. The van der Waals surface area contributed by atoms with Gasteiger partial charge in [-0.1, -0.05) is 10.3 Å². The minimum atomic E-state index is -4.64. The molecule has 320 valence electrons. The molecule has 6 heterocycles. The van der Waals surface area contributed by atoms with E-state index < -0.39 is 12.5 Å². The predicted molar refractivity (Wildman–Crippen MR) is 228 cm³/mol. The lowest BCUT2D eigenvalue weighted by atomic mass is 9.97. The molecule has 0 amide bonds. The molecule has 2 saturated carbocycles. The van der Waals surface area contributed by atoms with Gasteiger partial charge in [-0.15, -0.1) is 0 Å². The maximum Gasteiger partial charge on any atom is 0.446 e. The first-order valence-corrected chi connectivity index (χ1v) is 20.3. The van der Waals surface area contributed by atoms with Crippen LogP contribution < -0.4 is 10.3 Å². The van der Waals surface area contributed by atoms with Crippen molar-refractivity contribution in [2.45, 2.75) is 97.8 Å². The average Bonchev–Trinajstić information content (AvgIpc) is 4.11. The largest absolute Gasteiger partial charge is 0.472 e. The van der Waals surface area contributed by atoms with Crippen LogP contribution in [-0.4, -0.2) is 58.3 Å². The molecule has 3 N–H and O–H groups in total. The Bertz CT molecular complexity index is 2960. The third-order valence-electron chi connectivity index (χ3n) is 10.5. The highest BCUT2D eigenvalue weighted by Crippen LogP contribution is 2.43. The lowest BCUT2D eigenvalue weighted by Crippen LogP contribution is -2.23. The van der Waals surface area contributed by atoms with Gasteiger partial charge in [0.25, 0.3) is 0 Å². The van der Waals surface area contributed by atoms with Crippen molar-refractivity contribution < 1.29 is 31.7 Å². The van der Waals surface area contributed by atoms with Gasteiger partial charge in [-0.25, -0.2) is 15.0 Å². The number of aromatic nitrogens is 8. The third-order valence-corrected chi connectivity index (χ3v) is 10.5. The Labute approximate surface area is 353 Å². The van der Waals surface area contributed by atoms with Crippen LogP contribution in [0.4, 0.5) is 13.2 Å². The summed E-state index contributed by atoms with van der Waals surface area (Å²) >= 11 is 0. The Morgan fingerprint density at radius 3 is 1.60 bits per heavy atom. The fourth-order valence-electron chi connectivity index (χ4n) is 7.45. The molecule has 0 atom stereocenters. The number of pyridine rings is 2. The van der Waals surface area contributed by atoms with Crippen LogP contribution in [0.1, 0.15) is 92.8 Å². The smallest absolute Gasteiger partial charge is 0.446 e. The summed E-state index contributed by atoms with van der Waals surface area (Å²) in [4.78, 5) is 44.4. The normalized spacial score (nSPS) is 14.0. The van der Waals surface area contributed by atoms with Crippen LogP contribution in [-0.2, 0) is 4.79 Å². The molecule has 2 fully saturated rings. The zero-order chi connectivity index (χ0) is 44.1. The van der Waals surface area contributed by atoms with Crippen molar-refractivity contribution in [3.05, 3.63) is 106 Å². The molecule has 0 bridgehead atoms. The van der Waals surface area contributed by atoms with Gasteiger partial charge in [0, 0.05) is 58.6 Å². The maximum atomic E-state index is 11.8. The van der Waals surface area contributed by atoms with Gasteiger partial charge in [0.05, 0.1) is 33.5 Å². The first-order valence-electron chi connectivity index (χ1n) is 20.3. The highest BCUT2D eigenvalue weighted by Gasteiger charge is 2.29. The number of H-pyrrole nitrogens is 3. The number of aryl methyl sites for hydroxylation is 4. The van der Waals surface area contributed by atoms with Gasteiger partial charge >= 0.3 is 6.18 Å². The Hall–Kier alpha value is -6.84. The van der Waals surface area contributed by atoms with Crippen LogP contribution in [0.15, 0.2) is 74.8 Å². The lowest BCUT2D eigenvalue weighted by Gasteiger charge is -2.20. The predicted octanol–water partition coefficient (Wildman–Crippen LogP) is 10.8. The van der Waals surface area contributed by atoms with Crippen molar-refractivity contribution in [1.29, 1.82) is 0 Å². The van der Waals surface area contributed by atoms with E-state index in [0.29, 0.717) is 17.7 Å². The van der Waals surface area contributed by atoms with Crippen molar-refractivity contribution in [3.63, 3.8) is 0 Å². The first kappa shape index (κ1) is 41.9. The number of alkyl halides is 3. The SMILES string of the molecule is Cc1noc(C)c1-c1cc(-c2cc[nH]c(=O)c2)c2nc(C3CC3)[nH]c2c1.Cc1noc(C)c1-c1cc(-c2ccnc(OC(C)(C)C)c2)c2nc(C3CC3)[nH]c2c1.O=CC(F)(F)F. The van der Waals surface area contributed by atoms with E-state index in [-0.39, 0.29) is 11.2 Å². The van der Waals surface area contributed by atoms with Gasteiger partial charge < -0.3 is 28.7 Å². The Kier molecular flexibility index (Phi) is 11.0. The van der Waals surface area contributed by atoms with Crippen LogP contribution >= 0.6 is 0 Å². The zero-order valence-electron chi connectivity index (χ0n) is 35.2. The molecule has 2 aromatic carbocycles. The average molecular weight is 847 g/mol. The van der Waals surface area contributed by atoms with Crippen LogP contribution in [0, 0.1) is 27.7 Å². The number of halogens is 3. The molecule has 0 saturated heterocycles. The summed E-state index contributed by atoms with van der Waals surface area (Å²) in [5, 5.41) is 8.22. The number of hydrogen-bond donors (Lipinski definition) is 3. The molecule has 13 nitrogen and oxygen atoms in total. The van der Waals surface area contributed by atoms with E-state index in [1.165, 1.54) is 25.7 Å². The number of benzene rings is 2. The number of carbonyl (C=O) groups is 1. The number of ether oxygens (including phenoxy) is 1. The molecule has 10 rings (SSSR count). The van der Waals surface area contributed by atoms with Crippen molar-refractivity contribution in [2.24, 2.45) is 0 Å². The number of carbonyl (C=O) groups excluding carboxylic acids is 1. The molecule has 0 spiro atoms. The van der Waals surface area contributed by atoms with E-state index in [2.05, 4.69) is 54.5 Å². The number of fused-ring (bicyclic) bond motifs is 2. The van der Waals surface area contributed by atoms with Gasteiger partial charge in [-0.2, -0.15) is 13.2 Å². The van der Waals surface area contributed by atoms with Crippen LogP contribution in [0.5, 0.6) is 5.88 Å². The highest BCUT2D eigenvalue weighted by atomic mass is 19.4. The van der Waals surface area contributed by atoms with Crippen molar-refractivity contribution in [1.82, 2.24) is 40.2 Å². The second-order valence-corrected chi connectivity index (χ2v) is 16.7. The number of rotatable bonds is 7. The summed E-state index contributed by atoms with van der Waals surface area (Å²) in [7, 11) is 0. The number of nitrogens with zero attached hydrogens (tertiary/aromatic N) is 5. The number of aromatic amines is 3. The third kappa shape index (κ3) is 9.23. The Balaban J connectivity index is 0.000000152. The summed E-state index contributed by atoms with van der Waals surface area (Å²) in [6.45, 7) is 13.8. The standard InChI is InChI=1S/C24H26N4O2.C20H18N4O2.C2HF3O/c1-13-21(14(2)30-28-13)17-10-18(16-8-9-25-20(12-16)29-24(3,4)5)22-19(11-17)26-23(27-22)15-6-7-15;1-10-18(11(2)26-24-10)14-7-15(13-5-6-21-17(25)9-13)19-16(8-14)22-20(23-19)12-3-4-12;3-2(4,5)1-6/h8-12,15H,6-7H2,1-5H3,(H,26,27);5-9,12H,3-4H2,1-2H3,(H,21,25)(H,22,23);1H. The summed E-state index contributed by atoms with van der Waals surface area (Å²) in [5.41, 5.74) is 13.1. The Morgan fingerprint density at radius 1 is 0.710 bits per heavy atom. The number of hydrogen-bond acceptors (Lipinski definition) is 10. The Morgan fingerprint density at radius 2 is 1.19 bits per heavy atom. The summed E-state index contributed by atoms with van der Waals surface area (Å²) in [6.07, 6.45) is 2.51. The molecule has 8 aromatic rings. The highest BCUT2D eigenvalue weighted by molar-refractivity contribution is 5.98. The molecular formula is C46H45F3N8O5. The zero-order valence-corrected chi connectivity index (χ0v) is 35.2. The molecule has 16 heteroatoms. The maximum absolute atomic E-state index is 11.8. The van der Waals surface area contributed by atoms with Gasteiger partial charge in [0.15, 0.2) is 0 Å². The first-order chi connectivity index (χ1) is 29.4. The number of imidazole rings is 2. The van der Waals surface area contributed by atoms with Crippen LogP contribution in [0.2, 0.25) is 0 Å². The van der Waals surface area contributed by atoms with Crippen molar-refractivity contribution in [2.75, 3.05) is 0 Å². The van der Waals surface area contributed by atoms with E-state index in [9.17, 15) is 18.0 Å². The summed E-state index contributed by atoms with van der Waals surface area (Å²) in [6, 6.07) is 16.0. The van der Waals surface area contributed by atoms with Crippen molar-refractivity contribution in [3.8, 4) is 50.4 Å². The molecule has 6 aromatic heterocycles. The summed E-state index contributed by atoms with van der Waals surface area (Å²) in [5.74, 6) is 5.37. The van der Waals surface area contributed by atoms with Crippen LogP contribution in [0.25, 0.3) is 66.6 Å². The molecule has 0 unspecified atom stereocenters. The van der Waals surface area contributed by atoms with E-state index in [1.807, 2.05) is 66.7 Å². The molecule has 2 aliphatic carbocycles. The molecule has 2 aliphatic rings. The topological polar surface area (TPSA) is 181 Å². The van der Waals surface area contributed by atoms with Gasteiger partial charge in [0.1, 0.15) is 28.8 Å². The van der Waals surface area contributed by atoms with E-state index in [1.54, 1.807) is 18.5 Å². The number of aldehydes is 1. The quantitative estimate of drug-likeness (QED) is 0.131. The van der Waals surface area contributed by atoms with Gasteiger partial charge in [-0.3, -0.25) is 9.59 Å². The number of nitrogens with one attached hydrogen (secondary N) is 3. The fraction of sp³-hybridized carbons (Fsp3) is 0.326. The fourth-order valence-corrected chi connectivity index (χ4v) is 7.45. The molecule has 0 aliphatic heterocycles. The van der Waals surface area contributed by atoms with Crippen LogP contribution in [0.3, 0.4) is 0 Å². The van der Waals surface area contributed by atoms with Gasteiger partial charge in [-0.05, 0) is 133 Å². The summed E-state index contributed by atoms with van der Waals surface area (Å²) < 4.78 is 48.0. The van der Waals surface area contributed by atoms with E-state index in [0.717, 1.165) is 101 Å². The monoisotopic (exact) mass is 846 g/mol. The van der Waals surface area contributed by atoms with E-state index in [4.69, 9.17) is 28.5 Å². The minimum Gasteiger partial charge on any atom is -0.472 e. The van der Waals surface area contributed by atoms with Crippen molar-refractivity contribution >= 4 is 28.4 Å². The molecule has 0 radical (unpaired) electrons. The second kappa shape index (κ2) is 16.2. The lowest BCUT2D eigenvalue weighted by molar-refractivity contribution is -0.156. The van der Waals surface area contributed by atoms with Gasteiger partial charge in [0.2, 0.25) is 17.7 Å².